The molecule has 0 aromatic carbocycles. The zero-order valence-electron chi connectivity index (χ0n) is 21.2. The van der Waals surface area contributed by atoms with E-state index >= 15 is 0 Å². The van der Waals surface area contributed by atoms with Gasteiger partial charge in [-0.15, -0.1) is 0 Å². The summed E-state index contributed by atoms with van der Waals surface area (Å²) in [5.41, 5.74) is 0.941. The minimum atomic E-state index is -1.01. The normalized spacial score (nSPS) is 40.5. The number of hydrogen-bond donors (Lipinski definition) is 2. The number of ether oxygens (including phenoxy) is 4. The molecule has 0 saturated carbocycles. The molecule has 199 valence electrons. The van der Waals surface area contributed by atoms with Crippen LogP contribution in [0.5, 0.6) is 0 Å². The van der Waals surface area contributed by atoms with Gasteiger partial charge in [0.05, 0.1) is 30.5 Å². The van der Waals surface area contributed by atoms with E-state index < -0.39 is 24.3 Å². The average molecular weight is 502 g/mol. The lowest BCUT2D eigenvalue weighted by Gasteiger charge is -2.26. The number of carbonyl (C=O) groups is 1. The van der Waals surface area contributed by atoms with Gasteiger partial charge in [0.1, 0.15) is 18.3 Å². The molecule has 2 saturated heterocycles. The number of carbonyl (C=O) groups excluding carboxylic acids is 1. The summed E-state index contributed by atoms with van der Waals surface area (Å²) in [5.74, 6) is 0.0456. The van der Waals surface area contributed by atoms with Crippen LogP contribution >= 0.6 is 0 Å². The Labute approximate surface area is 214 Å². The maximum Gasteiger partial charge on any atom is 0.330 e. The van der Waals surface area contributed by atoms with Gasteiger partial charge in [-0.2, -0.15) is 0 Å². The van der Waals surface area contributed by atoms with Gasteiger partial charge in [-0.1, -0.05) is 49.5 Å². The van der Waals surface area contributed by atoms with Crippen LogP contribution in [0.25, 0.3) is 0 Å². The molecule has 4 aliphatic rings. The molecule has 0 aromatic heterocycles. The summed E-state index contributed by atoms with van der Waals surface area (Å²) in [4.78, 5) is 12.6. The van der Waals surface area contributed by atoms with Crippen LogP contribution in [0, 0.1) is 12.3 Å². The maximum atomic E-state index is 12.6. The van der Waals surface area contributed by atoms with Crippen LogP contribution in [-0.4, -0.2) is 71.6 Å². The van der Waals surface area contributed by atoms with Crippen LogP contribution < -0.4 is 0 Å². The van der Waals surface area contributed by atoms with Gasteiger partial charge in [-0.05, 0) is 57.3 Å². The van der Waals surface area contributed by atoms with Crippen LogP contribution in [0.15, 0.2) is 48.6 Å². The van der Waals surface area contributed by atoms with E-state index in [2.05, 4.69) is 26.0 Å². The molecule has 7 nitrogen and oxygen atoms in total. The van der Waals surface area contributed by atoms with Gasteiger partial charge in [0, 0.05) is 19.1 Å². The molecule has 3 unspecified atom stereocenters. The van der Waals surface area contributed by atoms with E-state index in [0.717, 1.165) is 31.3 Å². The van der Waals surface area contributed by atoms with E-state index in [-0.39, 0.29) is 30.5 Å². The Bertz CT molecular complexity index is 833. The van der Waals surface area contributed by atoms with E-state index in [4.69, 9.17) is 18.9 Å². The minimum Gasteiger partial charge on any atom is -0.456 e. The molecule has 2 fully saturated rings. The molecule has 1 radical (unpaired) electrons. The van der Waals surface area contributed by atoms with Crippen LogP contribution in [0.4, 0.5) is 0 Å². The Balaban J connectivity index is 1.42. The van der Waals surface area contributed by atoms with E-state index in [1.807, 2.05) is 12.2 Å². The first-order valence-corrected chi connectivity index (χ1v) is 13.4. The van der Waals surface area contributed by atoms with E-state index in [0.29, 0.717) is 38.2 Å². The summed E-state index contributed by atoms with van der Waals surface area (Å²) in [5, 5.41) is 21.6. The number of aliphatic hydroxyl groups excluding tert-OH is 2. The highest BCUT2D eigenvalue weighted by Gasteiger charge is 2.46. The minimum absolute atomic E-state index is 0.0554. The van der Waals surface area contributed by atoms with Gasteiger partial charge < -0.3 is 29.2 Å². The molecule has 7 heteroatoms. The Morgan fingerprint density at radius 2 is 2.03 bits per heavy atom. The van der Waals surface area contributed by atoms with Gasteiger partial charge >= 0.3 is 5.97 Å². The second-order valence-corrected chi connectivity index (χ2v) is 10.6. The SMILES string of the molecule is C=C1C[CH]C[C@@H]2CC=C[C@@H](C/C=C\C(=O)OC([C@@H](O)/C=C/C3CC(C)CCO3)C[C@@H]3O[C@H]3[C@@H](O)C1)O2. The fraction of sp³-hybridized carbons (Fsp3) is 0.655. The first-order valence-electron chi connectivity index (χ1n) is 13.4. The summed E-state index contributed by atoms with van der Waals surface area (Å²) < 4.78 is 23.3. The molecule has 36 heavy (non-hydrogen) atoms. The summed E-state index contributed by atoms with van der Waals surface area (Å²) in [6, 6.07) is 0. The highest BCUT2D eigenvalue weighted by atomic mass is 16.6. The first-order chi connectivity index (χ1) is 17.4. The number of aliphatic hydroxyl groups is 2. The highest BCUT2D eigenvalue weighted by molar-refractivity contribution is 5.82. The third kappa shape index (κ3) is 8.38. The van der Waals surface area contributed by atoms with Crippen molar-refractivity contribution in [3.63, 3.8) is 0 Å². The van der Waals surface area contributed by atoms with E-state index in [1.54, 1.807) is 12.2 Å². The fourth-order valence-electron chi connectivity index (χ4n) is 5.14. The number of cyclic esters (lactones) is 1. The predicted octanol–water partition coefficient (Wildman–Crippen LogP) is 3.75. The van der Waals surface area contributed by atoms with Crippen LogP contribution in [0.2, 0.25) is 0 Å². The number of fused-ring (bicyclic) bond motifs is 3. The topological polar surface area (TPSA) is 97.8 Å². The van der Waals surface area contributed by atoms with Crippen LogP contribution in [0.3, 0.4) is 0 Å². The second kappa shape index (κ2) is 13.2. The second-order valence-electron chi connectivity index (χ2n) is 10.6. The highest BCUT2D eigenvalue weighted by Crippen LogP contribution is 2.34. The van der Waals surface area contributed by atoms with Crippen molar-refractivity contribution in [1.29, 1.82) is 0 Å². The van der Waals surface area contributed by atoms with Gasteiger partial charge in [-0.3, -0.25) is 0 Å². The van der Waals surface area contributed by atoms with Gasteiger partial charge in [-0.25, -0.2) is 4.79 Å². The fourth-order valence-corrected chi connectivity index (χ4v) is 5.14. The molecule has 2 N–H and O–H groups in total. The smallest absolute Gasteiger partial charge is 0.330 e. The zero-order chi connectivity index (χ0) is 25.5. The largest absolute Gasteiger partial charge is 0.456 e. The van der Waals surface area contributed by atoms with E-state index in [9.17, 15) is 15.0 Å². The summed E-state index contributed by atoms with van der Waals surface area (Å²) >= 11 is 0. The Morgan fingerprint density at radius 1 is 1.17 bits per heavy atom. The summed E-state index contributed by atoms with van der Waals surface area (Å²) in [6.07, 6.45) is 15.4. The average Bonchev–Trinajstić information content (AvgIpc) is 3.61. The summed E-state index contributed by atoms with van der Waals surface area (Å²) in [7, 11) is 0. The van der Waals surface area contributed by atoms with Crippen molar-refractivity contribution >= 4 is 5.97 Å². The number of rotatable bonds is 3. The molecule has 2 bridgehead atoms. The van der Waals surface area contributed by atoms with Crippen molar-refractivity contribution < 1.29 is 34.0 Å². The lowest BCUT2D eigenvalue weighted by molar-refractivity contribution is -0.148. The molecular formula is C29H41O7. The van der Waals surface area contributed by atoms with Gasteiger partial charge in [0.25, 0.3) is 0 Å². The Kier molecular flexibility index (Phi) is 9.96. The van der Waals surface area contributed by atoms with Crippen molar-refractivity contribution in [3.8, 4) is 0 Å². The molecule has 4 aliphatic heterocycles. The Morgan fingerprint density at radius 3 is 2.86 bits per heavy atom. The lowest BCUT2D eigenvalue weighted by atomic mass is 9.96. The molecule has 4 rings (SSSR count). The molecule has 0 aromatic rings. The number of esters is 1. The molecule has 0 amide bonds. The predicted molar refractivity (Wildman–Crippen MR) is 136 cm³/mol. The van der Waals surface area contributed by atoms with Gasteiger partial charge in [0.2, 0.25) is 0 Å². The molecule has 9 atom stereocenters. The van der Waals surface area contributed by atoms with E-state index in [1.165, 1.54) is 6.08 Å². The Hall–Kier alpha value is -1.77. The number of hydrogen-bond acceptors (Lipinski definition) is 7. The maximum absolute atomic E-state index is 12.6. The number of epoxide rings is 1. The first kappa shape index (κ1) is 27.3. The van der Waals surface area contributed by atoms with Crippen molar-refractivity contribution in [3.05, 3.63) is 55.0 Å². The van der Waals surface area contributed by atoms with Crippen LogP contribution in [0.1, 0.15) is 58.3 Å². The summed E-state index contributed by atoms with van der Waals surface area (Å²) in [6.45, 7) is 7.01. The van der Waals surface area contributed by atoms with Crippen molar-refractivity contribution in [1.82, 2.24) is 0 Å². The standard InChI is InChI=1S/C29H41O7/c1-19-6-3-7-21-8-4-9-22(34-21)10-5-11-28(32)35-26(18-27-29(36-27)25(31)17-19)24(30)13-12-23-16-20(2)14-15-33-23/h3-5,9,11-13,20-27,29-31H,1,6-8,10,14-18H2,2H3/b11-5-,13-12+/t20?,21-,22+,23?,24+,25+,26?,27+,29+/m1/s1. The zero-order valence-corrected chi connectivity index (χ0v) is 21.2. The monoisotopic (exact) mass is 501 g/mol. The lowest BCUT2D eigenvalue weighted by Crippen LogP contribution is -2.32. The molecular weight excluding hydrogens is 460 g/mol. The van der Waals surface area contributed by atoms with Crippen molar-refractivity contribution in [2.45, 2.75) is 107 Å². The molecule has 4 heterocycles. The third-order valence-electron chi connectivity index (χ3n) is 7.31. The van der Waals surface area contributed by atoms with Crippen molar-refractivity contribution in [2.75, 3.05) is 6.61 Å². The third-order valence-corrected chi connectivity index (χ3v) is 7.31. The quantitative estimate of drug-likeness (QED) is 0.345. The van der Waals surface area contributed by atoms with Gasteiger partial charge in [0.15, 0.2) is 0 Å². The molecule has 0 aliphatic carbocycles. The van der Waals surface area contributed by atoms with Crippen LogP contribution in [-0.2, 0) is 23.7 Å². The molecule has 0 spiro atoms. The van der Waals surface area contributed by atoms with Crippen molar-refractivity contribution in [2.24, 2.45) is 5.92 Å².